The van der Waals surface area contributed by atoms with E-state index in [1.807, 2.05) is 14.0 Å². The molecule has 2 fully saturated rings. The molecule has 4 atom stereocenters. The minimum absolute atomic E-state index is 0.00444. The lowest BCUT2D eigenvalue weighted by Gasteiger charge is -2.33. The van der Waals surface area contributed by atoms with E-state index in [9.17, 15) is 4.79 Å². The highest BCUT2D eigenvalue weighted by atomic mass is 16.4. The number of amidine groups is 1. The minimum Gasteiger partial charge on any atom is -0.409 e. The predicted octanol–water partition coefficient (Wildman–Crippen LogP) is 2.04. The number of amides is 1. The third-order valence-electron chi connectivity index (χ3n) is 5.59. The molecule has 4 unspecified atom stereocenters. The van der Waals surface area contributed by atoms with E-state index in [1.54, 1.807) is 11.8 Å². The van der Waals surface area contributed by atoms with Crippen LogP contribution in [0.4, 0.5) is 0 Å². The van der Waals surface area contributed by atoms with Crippen LogP contribution in [0.15, 0.2) is 5.16 Å². The van der Waals surface area contributed by atoms with Gasteiger partial charge in [-0.05, 0) is 50.4 Å². The molecule has 0 aromatic heterocycles. The molecule has 0 heterocycles. The second kappa shape index (κ2) is 5.62. The quantitative estimate of drug-likeness (QED) is 0.350. The molecule has 1 amide bonds. The van der Waals surface area contributed by atoms with Crippen LogP contribution in [0.5, 0.6) is 0 Å². The Morgan fingerprint density at radius 2 is 2.15 bits per heavy atom. The van der Waals surface area contributed by atoms with E-state index in [0.717, 1.165) is 18.4 Å². The maximum absolute atomic E-state index is 12.6. The highest BCUT2D eigenvalue weighted by molar-refractivity contribution is 6.06. The van der Waals surface area contributed by atoms with E-state index in [-0.39, 0.29) is 11.7 Å². The summed E-state index contributed by atoms with van der Waals surface area (Å²) < 4.78 is 0. The van der Waals surface area contributed by atoms with E-state index >= 15 is 0 Å². The molecular weight excluding hydrogens is 254 g/mol. The molecule has 5 heteroatoms. The van der Waals surface area contributed by atoms with Crippen molar-refractivity contribution >= 4 is 11.7 Å². The van der Waals surface area contributed by atoms with Gasteiger partial charge in [0.05, 0.1) is 0 Å². The van der Waals surface area contributed by atoms with Gasteiger partial charge in [-0.3, -0.25) is 4.79 Å². The highest BCUT2D eigenvalue weighted by Crippen LogP contribution is 2.48. The predicted molar refractivity (Wildman–Crippen MR) is 78.4 cm³/mol. The average molecular weight is 281 g/mol. The smallest absolute Gasteiger partial charge is 0.235 e. The summed E-state index contributed by atoms with van der Waals surface area (Å²) in [5, 5.41) is 11.9. The summed E-state index contributed by atoms with van der Waals surface area (Å²) in [4.78, 5) is 14.4. The van der Waals surface area contributed by atoms with Crippen molar-refractivity contribution in [2.75, 3.05) is 13.6 Å². The molecule has 20 heavy (non-hydrogen) atoms. The molecule has 0 aromatic rings. The normalized spacial score (nSPS) is 32.1. The van der Waals surface area contributed by atoms with Gasteiger partial charge in [-0.25, -0.2) is 0 Å². The summed E-state index contributed by atoms with van der Waals surface area (Å²) in [7, 11) is 1.84. The highest BCUT2D eigenvalue weighted by Gasteiger charge is 2.43. The lowest BCUT2D eigenvalue weighted by molar-refractivity contribution is -0.137. The first-order valence-corrected chi connectivity index (χ1v) is 7.66. The van der Waals surface area contributed by atoms with Gasteiger partial charge in [-0.15, -0.1) is 0 Å². The minimum atomic E-state index is -0.902. The van der Waals surface area contributed by atoms with E-state index in [4.69, 9.17) is 10.9 Å². The maximum Gasteiger partial charge on any atom is 0.235 e. The monoisotopic (exact) mass is 281 g/mol. The lowest BCUT2D eigenvalue weighted by Crippen LogP contribution is -2.49. The molecule has 2 aliphatic carbocycles. The van der Waals surface area contributed by atoms with Gasteiger partial charge in [0.1, 0.15) is 5.41 Å². The van der Waals surface area contributed by atoms with Gasteiger partial charge >= 0.3 is 0 Å². The summed E-state index contributed by atoms with van der Waals surface area (Å²) in [6.45, 7) is 4.44. The van der Waals surface area contributed by atoms with Crippen LogP contribution in [-0.2, 0) is 4.79 Å². The average Bonchev–Trinajstić information content (AvgIpc) is 3.07. The maximum atomic E-state index is 12.6. The zero-order valence-electron chi connectivity index (χ0n) is 12.8. The standard InChI is InChI=1S/C15H27N3O2/c1-4-15(2,13(16)17-20)14(19)18(3)9-12-8-10-5-6-11(12)7-10/h10-12,20H,4-9H2,1-3H3,(H2,16,17). The van der Waals surface area contributed by atoms with Crippen molar-refractivity contribution in [3.63, 3.8) is 0 Å². The SMILES string of the molecule is CCC(C)(C(=O)N(C)CC1CC2CCC1C2)C(N)=NO. The summed E-state index contributed by atoms with van der Waals surface area (Å²) in [6, 6.07) is 0. The largest absolute Gasteiger partial charge is 0.409 e. The van der Waals surface area contributed by atoms with Crippen molar-refractivity contribution in [2.45, 2.75) is 46.0 Å². The molecule has 114 valence electrons. The topological polar surface area (TPSA) is 78.9 Å². The van der Waals surface area contributed by atoms with Crippen LogP contribution in [0.3, 0.4) is 0 Å². The second-order valence-electron chi connectivity index (χ2n) is 6.79. The van der Waals surface area contributed by atoms with Crippen LogP contribution in [0.2, 0.25) is 0 Å². The number of fused-ring (bicyclic) bond motifs is 2. The fourth-order valence-corrected chi connectivity index (χ4v) is 4.01. The Hall–Kier alpha value is -1.26. The Morgan fingerprint density at radius 1 is 1.45 bits per heavy atom. The molecule has 2 bridgehead atoms. The fourth-order valence-electron chi connectivity index (χ4n) is 4.01. The lowest BCUT2D eigenvalue weighted by atomic mass is 9.83. The molecule has 0 aromatic carbocycles. The first-order valence-electron chi connectivity index (χ1n) is 7.66. The van der Waals surface area contributed by atoms with E-state index < -0.39 is 5.41 Å². The molecule has 2 rings (SSSR count). The number of rotatable bonds is 5. The van der Waals surface area contributed by atoms with Crippen molar-refractivity contribution < 1.29 is 10.0 Å². The first kappa shape index (κ1) is 15.1. The summed E-state index contributed by atoms with van der Waals surface area (Å²) in [6.07, 6.45) is 5.83. The van der Waals surface area contributed by atoms with Gasteiger partial charge in [-0.2, -0.15) is 0 Å². The van der Waals surface area contributed by atoms with Crippen LogP contribution in [0.25, 0.3) is 0 Å². The van der Waals surface area contributed by atoms with Crippen molar-refractivity contribution in [1.29, 1.82) is 0 Å². The van der Waals surface area contributed by atoms with Crippen molar-refractivity contribution in [3.05, 3.63) is 0 Å². The van der Waals surface area contributed by atoms with Gasteiger partial charge in [0.25, 0.3) is 0 Å². The van der Waals surface area contributed by atoms with Crippen molar-refractivity contribution in [2.24, 2.45) is 34.1 Å². The molecule has 0 aliphatic heterocycles. The van der Waals surface area contributed by atoms with Crippen LogP contribution in [0.1, 0.15) is 46.0 Å². The van der Waals surface area contributed by atoms with Crippen molar-refractivity contribution in [1.82, 2.24) is 4.90 Å². The fraction of sp³-hybridized carbons (Fsp3) is 0.867. The van der Waals surface area contributed by atoms with Crippen LogP contribution in [0, 0.1) is 23.2 Å². The van der Waals surface area contributed by atoms with Gasteiger partial charge in [0.15, 0.2) is 5.84 Å². The van der Waals surface area contributed by atoms with E-state index in [2.05, 4.69) is 5.16 Å². The molecule has 2 aliphatic rings. The number of carbonyl (C=O) groups is 1. The number of hydrogen-bond donors (Lipinski definition) is 2. The Bertz CT molecular complexity index is 410. The van der Waals surface area contributed by atoms with Gasteiger partial charge in [-0.1, -0.05) is 18.5 Å². The van der Waals surface area contributed by atoms with E-state index in [1.165, 1.54) is 25.7 Å². The first-order chi connectivity index (χ1) is 9.42. The van der Waals surface area contributed by atoms with E-state index in [0.29, 0.717) is 12.3 Å². The molecule has 2 saturated carbocycles. The third-order valence-corrected chi connectivity index (χ3v) is 5.59. The number of carbonyl (C=O) groups excluding carboxylic acids is 1. The Morgan fingerprint density at radius 3 is 2.60 bits per heavy atom. The molecular formula is C15H27N3O2. The molecule has 5 nitrogen and oxygen atoms in total. The number of nitrogens with two attached hydrogens (primary N) is 1. The Balaban J connectivity index is 2.01. The number of oxime groups is 1. The number of hydrogen-bond acceptors (Lipinski definition) is 3. The zero-order chi connectivity index (χ0) is 14.9. The van der Waals surface area contributed by atoms with Crippen LogP contribution >= 0.6 is 0 Å². The second-order valence-corrected chi connectivity index (χ2v) is 6.79. The Kier molecular flexibility index (Phi) is 4.25. The van der Waals surface area contributed by atoms with Crippen LogP contribution < -0.4 is 5.73 Å². The third kappa shape index (κ3) is 2.50. The zero-order valence-corrected chi connectivity index (χ0v) is 12.8. The van der Waals surface area contributed by atoms with Gasteiger partial charge in [0.2, 0.25) is 5.91 Å². The molecule has 3 N–H and O–H groups in total. The summed E-state index contributed by atoms with van der Waals surface area (Å²) in [5.74, 6) is 2.28. The molecule has 0 radical (unpaired) electrons. The molecule has 0 spiro atoms. The summed E-state index contributed by atoms with van der Waals surface area (Å²) in [5.41, 5.74) is 4.82. The summed E-state index contributed by atoms with van der Waals surface area (Å²) >= 11 is 0. The van der Waals surface area contributed by atoms with Gasteiger partial charge in [0, 0.05) is 13.6 Å². The van der Waals surface area contributed by atoms with Crippen molar-refractivity contribution in [3.8, 4) is 0 Å². The van der Waals surface area contributed by atoms with Gasteiger partial charge < -0.3 is 15.8 Å². The van der Waals surface area contributed by atoms with Crippen LogP contribution in [-0.4, -0.2) is 35.4 Å². The molecule has 0 saturated heterocycles. The Labute approximate surface area is 121 Å². The number of nitrogens with zero attached hydrogens (tertiary/aromatic N) is 2.